The molecule has 1 heterocycles. The molecule has 1 N–H and O–H groups in total. The van der Waals surface area contributed by atoms with Crippen LogP contribution in [-0.4, -0.2) is 14.3 Å². The smallest absolute Gasteiger partial charge is 0.286 e. The Hall–Kier alpha value is -2.21. The minimum Gasteiger partial charge on any atom is -0.338 e. The minimum atomic E-state index is -3.75. The van der Waals surface area contributed by atoms with E-state index in [0.29, 0.717) is 11.3 Å². The van der Waals surface area contributed by atoms with Crippen LogP contribution in [-0.2, 0) is 10.0 Å². The summed E-state index contributed by atoms with van der Waals surface area (Å²) in [6.45, 7) is 0. The summed E-state index contributed by atoms with van der Waals surface area (Å²) in [4.78, 5) is 0.121. The Bertz CT molecular complexity index is 785. The van der Waals surface area contributed by atoms with E-state index in [4.69, 9.17) is 0 Å². The first-order valence-corrected chi connectivity index (χ1v) is 6.97. The van der Waals surface area contributed by atoms with E-state index in [1.165, 1.54) is 24.3 Å². The molecule has 0 bridgehead atoms. The quantitative estimate of drug-likeness (QED) is 0.870. The van der Waals surface area contributed by atoms with E-state index in [0.717, 1.165) is 0 Å². The van der Waals surface area contributed by atoms with Crippen LogP contribution in [0.25, 0.3) is 0 Å². The van der Waals surface area contributed by atoms with E-state index in [1.807, 2.05) is 0 Å². The molecule has 96 valence electrons. The average Bonchev–Trinajstić information content (AvgIpc) is 2.38. The van der Waals surface area contributed by atoms with Crippen molar-refractivity contribution in [3.63, 3.8) is 0 Å². The lowest BCUT2D eigenvalue weighted by Gasteiger charge is -2.17. The van der Waals surface area contributed by atoms with Crippen molar-refractivity contribution in [3.8, 4) is 0 Å². The highest BCUT2D eigenvalue weighted by atomic mass is 32.2. The molecule has 0 unspecified atom stereocenters. The molecule has 0 saturated carbocycles. The Balaban J connectivity index is 2.15. The van der Waals surface area contributed by atoms with E-state index in [9.17, 15) is 12.8 Å². The van der Waals surface area contributed by atoms with Crippen LogP contribution in [0.3, 0.4) is 0 Å². The Kier molecular flexibility index (Phi) is 2.60. The summed E-state index contributed by atoms with van der Waals surface area (Å²) in [5.74, 6) is -0.323. The van der Waals surface area contributed by atoms with Crippen LogP contribution < -0.4 is 5.32 Å². The molecule has 19 heavy (non-hydrogen) atoms. The zero-order chi connectivity index (χ0) is 13.5. The van der Waals surface area contributed by atoms with Gasteiger partial charge in [0.2, 0.25) is 0 Å². The second-order valence-corrected chi connectivity index (χ2v) is 5.62. The number of para-hydroxylation sites is 1. The third kappa shape index (κ3) is 2.10. The van der Waals surface area contributed by atoms with Gasteiger partial charge in [0.1, 0.15) is 10.7 Å². The van der Waals surface area contributed by atoms with E-state index in [1.54, 1.807) is 24.3 Å². The lowest BCUT2D eigenvalue weighted by molar-refractivity contribution is 0.597. The first-order chi connectivity index (χ1) is 9.06. The molecular weight excluding hydrogens is 267 g/mol. The zero-order valence-corrected chi connectivity index (χ0v) is 10.5. The molecule has 0 saturated heterocycles. The summed E-state index contributed by atoms with van der Waals surface area (Å²) in [6, 6.07) is 12.1. The van der Waals surface area contributed by atoms with Gasteiger partial charge in [-0.15, -0.1) is 4.40 Å². The fraction of sp³-hybridized carbons (Fsp3) is 0. The summed E-state index contributed by atoms with van der Waals surface area (Å²) in [5, 5.41) is 2.90. The molecule has 1 aliphatic heterocycles. The van der Waals surface area contributed by atoms with Crippen LogP contribution in [0.1, 0.15) is 5.56 Å². The van der Waals surface area contributed by atoms with Gasteiger partial charge in [0.05, 0.1) is 5.69 Å². The molecule has 0 spiro atoms. The van der Waals surface area contributed by atoms with Crippen molar-refractivity contribution in [2.75, 3.05) is 5.32 Å². The number of nitrogens with one attached hydrogen (secondary N) is 1. The number of nitrogens with zero attached hydrogens (tertiary/aromatic N) is 1. The first kappa shape index (κ1) is 11.9. The number of hydrogen-bond acceptors (Lipinski definition) is 3. The molecule has 0 fully saturated rings. The highest BCUT2D eigenvalue weighted by molar-refractivity contribution is 7.90. The van der Waals surface area contributed by atoms with Crippen LogP contribution in [0.5, 0.6) is 0 Å². The van der Waals surface area contributed by atoms with Crippen LogP contribution in [0.15, 0.2) is 57.8 Å². The normalized spacial score (nSPS) is 16.2. The predicted molar refractivity (Wildman–Crippen MR) is 70.2 cm³/mol. The van der Waals surface area contributed by atoms with Gasteiger partial charge in [-0.2, -0.15) is 8.42 Å². The van der Waals surface area contributed by atoms with E-state index in [-0.39, 0.29) is 10.7 Å². The molecular formula is C13H9FN2O2S. The van der Waals surface area contributed by atoms with Crippen LogP contribution in [0.2, 0.25) is 0 Å². The first-order valence-electron chi connectivity index (χ1n) is 5.53. The van der Waals surface area contributed by atoms with Gasteiger partial charge in [-0.25, -0.2) is 4.39 Å². The van der Waals surface area contributed by atoms with Crippen molar-refractivity contribution in [3.05, 3.63) is 59.9 Å². The van der Waals surface area contributed by atoms with Crippen LogP contribution >= 0.6 is 0 Å². The highest BCUT2D eigenvalue weighted by Crippen LogP contribution is 2.27. The summed E-state index contributed by atoms with van der Waals surface area (Å²) in [6.07, 6.45) is 0. The van der Waals surface area contributed by atoms with Gasteiger partial charge in [-0.1, -0.05) is 24.3 Å². The third-order valence-electron chi connectivity index (χ3n) is 2.73. The van der Waals surface area contributed by atoms with Crippen molar-refractivity contribution in [1.29, 1.82) is 0 Å². The summed E-state index contributed by atoms with van der Waals surface area (Å²) >= 11 is 0. The van der Waals surface area contributed by atoms with Crippen molar-refractivity contribution in [2.45, 2.75) is 4.90 Å². The molecule has 0 atom stereocenters. The van der Waals surface area contributed by atoms with Gasteiger partial charge in [0.15, 0.2) is 5.84 Å². The SMILES string of the molecule is O=S1(=O)N=C(c2cccc(F)c2)Nc2ccccc21. The molecule has 0 radical (unpaired) electrons. The van der Waals surface area contributed by atoms with Crippen molar-refractivity contribution in [1.82, 2.24) is 0 Å². The molecule has 3 rings (SSSR count). The Morgan fingerprint density at radius 3 is 2.63 bits per heavy atom. The molecule has 0 aliphatic carbocycles. The van der Waals surface area contributed by atoms with Gasteiger partial charge in [-0.05, 0) is 24.3 Å². The van der Waals surface area contributed by atoms with E-state index < -0.39 is 15.8 Å². The highest BCUT2D eigenvalue weighted by Gasteiger charge is 2.24. The number of hydrogen-bond donors (Lipinski definition) is 1. The average molecular weight is 276 g/mol. The van der Waals surface area contributed by atoms with Crippen molar-refractivity contribution < 1.29 is 12.8 Å². The standard InChI is InChI=1S/C13H9FN2O2S/c14-10-5-3-4-9(8-10)13-15-11-6-1-2-7-12(11)19(17,18)16-13/h1-8H,(H,15,16). The fourth-order valence-electron chi connectivity index (χ4n) is 1.88. The second-order valence-electron chi connectivity index (χ2n) is 4.05. The Morgan fingerprint density at radius 2 is 1.84 bits per heavy atom. The Labute approximate surface area is 109 Å². The van der Waals surface area contributed by atoms with Gasteiger partial charge in [-0.3, -0.25) is 0 Å². The second kappa shape index (κ2) is 4.17. The summed E-state index contributed by atoms with van der Waals surface area (Å²) in [7, 11) is -3.75. The number of benzene rings is 2. The molecule has 6 heteroatoms. The van der Waals surface area contributed by atoms with Crippen LogP contribution in [0.4, 0.5) is 10.1 Å². The lowest BCUT2D eigenvalue weighted by atomic mass is 10.2. The number of halogens is 1. The maximum absolute atomic E-state index is 13.2. The number of anilines is 1. The van der Waals surface area contributed by atoms with Crippen molar-refractivity contribution in [2.24, 2.45) is 4.40 Å². The molecule has 2 aromatic carbocycles. The number of rotatable bonds is 1. The zero-order valence-electron chi connectivity index (χ0n) is 9.67. The van der Waals surface area contributed by atoms with Crippen LogP contribution in [0, 0.1) is 5.82 Å². The largest absolute Gasteiger partial charge is 0.338 e. The molecule has 4 nitrogen and oxygen atoms in total. The van der Waals surface area contributed by atoms with E-state index >= 15 is 0 Å². The van der Waals surface area contributed by atoms with Gasteiger partial charge in [0.25, 0.3) is 10.0 Å². The Morgan fingerprint density at radius 1 is 1.05 bits per heavy atom. The monoisotopic (exact) mass is 276 g/mol. The van der Waals surface area contributed by atoms with Gasteiger partial charge < -0.3 is 5.32 Å². The molecule has 2 aromatic rings. The topological polar surface area (TPSA) is 58.5 Å². The predicted octanol–water partition coefficient (Wildman–Crippen LogP) is 2.39. The lowest BCUT2D eigenvalue weighted by Crippen LogP contribution is -2.22. The minimum absolute atomic E-state index is 0.121. The molecule has 0 amide bonds. The summed E-state index contributed by atoms with van der Waals surface area (Å²) in [5.41, 5.74) is 0.829. The maximum Gasteiger partial charge on any atom is 0.286 e. The van der Waals surface area contributed by atoms with Crippen molar-refractivity contribution >= 4 is 21.5 Å². The third-order valence-corrected chi connectivity index (χ3v) is 4.06. The molecule has 1 aliphatic rings. The van der Waals surface area contributed by atoms with Gasteiger partial charge in [0, 0.05) is 5.56 Å². The van der Waals surface area contributed by atoms with Gasteiger partial charge >= 0.3 is 0 Å². The number of amidine groups is 1. The maximum atomic E-state index is 13.2. The number of sulfonamides is 1. The molecule has 0 aromatic heterocycles. The fourth-order valence-corrected chi connectivity index (χ4v) is 3.01. The summed E-state index contributed by atoms with van der Waals surface area (Å²) < 4.78 is 40.9. The van der Waals surface area contributed by atoms with E-state index in [2.05, 4.69) is 9.71 Å². The number of fused-ring (bicyclic) bond motifs is 1.